The monoisotopic (exact) mass is 288 g/mol. The molecule has 106 valence electrons. The Hall–Kier alpha value is -1.30. The highest BCUT2D eigenvalue weighted by molar-refractivity contribution is 6.30. The maximum absolute atomic E-state index is 11.0. The van der Waals surface area contributed by atoms with Crippen molar-refractivity contribution in [1.29, 1.82) is 0 Å². The van der Waals surface area contributed by atoms with Gasteiger partial charge in [-0.25, -0.2) is 4.79 Å². The van der Waals surface area contributed by atoms with Crippen molar-refractivity contribution in [2.24, 2.45) is 0 Å². The second-order valence-electron chi connectivity index (χ2n) is 4.29. The van der Waals surface area contributed by atoms with Gasteiger partial charge in [-0.2, -0.15) is 0 Å². The summed E-state index contributed by atoms with van der Waals surface area (Å²) in [5.74, 6) is -0.983. The van der Waals surface area contributed by atoms with Crippen molar-refractivity contribution in [3.05, 3.63) is 28.8 Å². The Morgan fingerprint density at radius 2 is 2.05 bits per heavy atom. The van der Waals surface area contributed by atoms with Crippen molar-refractivity contribution in [2.45, 2.75) is 26.1 Å². The molecule has 0 radical (unpaired) electrons. The van der Waals surface area contributed by atoms with Crippen LogP contribution in [0.25, 0.3) is 0 Å². The smallest absolute Gasteiger partial charge is 0.339 e. The first kappa shape index (κ1) is 15.8. The van der Waals surface area contributed by atoms with Crippen LogP contribution < -0.4 is 4.74 Å². The van der Waals surface area contributed by atoms with Gasteiger partial charge in [0.25, 0.3) is 0 Å². The maximum atomic E-state index is 11.0. The zero-order chi connectivity index (χ0) is 14.4. The lowest BCUT2D eigenvalue weighted by Gasteiger charge is -2.15. The van der Waals surface area contributed by atoms with Crippen molar-refractivity contribution in [1.82, 2.24) is 0 Å². The lowest BCUT2D eigenvalue weighted by molar-refractivity contribution is -0.0124. The SMILES string of the molecule is CC(C)OCC(O)COc1cc(Cl)ccc1C(=O)O. The Balaban J connectivity index is 2.61. The first-order valence-corrected chi connectivity index (χ1v) is 6.23. The van der Waals surface area contributed by atoms with Crippen LogP contribution in [-0.4, -0.2) is 41.6 Å². The molecule has 1 unspecified atom stereocenters. The van der Waals surface area contributed by atoms with E-state index in [9.17, 15) is 9.90 Å². The average molecular weight is 289 g/mol. The van der Waals surface area contributed by atoms with Crippen molar-refractivity contribution in [3.8, 4) is 5.75 Å². The number of ether oxygens (including phenoxy) is 2. The van der Waals surface area contributed by atoms with Crippen LogP contribution in [0.5, 0.6) is 5.75 Å². The first-order chi connectivity index (χ1) is 8.90. The summed E-state index contributed by atoms with van der Waals surface area (Å²) < 4.78 is 10.5. The summed E-state index contributed by atoms with van der Waals surface area (Å²) in [6, 6.07) is 4.23. The number of rotatable bonds is 7. The molecule has 19 heavy (non-hydrogen) atoms. The number of halogens is 1. The van der Waals surface area contributed by atoms with E-state index < -0.39 is 12.1 Å². The molecule has 2 N–H and O–H groups in total. The molecule has 0 bridgehead atoms. The summed E-state index contributed by atoms with van der Waals surface area (Å²) in [4.78, 5) is 11.0. The van der Waals surface area contributed by atoms with Gasteiger partial charge < -0.3 is 19.7 Å². The molecule has 0 saturated carbocycles. The van der Waals surface area contributed by atoms with E-state index in [1.54, 1.807) is 0 Å². The Morgan fingerprint density at radius 3 is 2.63 bits per heavy atom. The summed E-state index contributed by atoms with van der Waals surface area (Å²) in [5, 5.41) is 19.0. The molecule has 0 aliphatic heterocycles. The molecule has 5 nitrogen and oxygen atoms in total. The number of carbonyl (C=O) groups is 1. The third-order valence-electron chi connectivity index (χ3n) is 2.23. The minimum atomic E-state index is -1.11. The number of hydrogen-bond donors (Lipinski definition) is 2. The zero-order valence-corrected chi connectivity index (χ0v) is 11.6. The number of carboxylic acids is 1. The van der Waals surface area contributed by atoms with Gasteiger partial charge >= 0.3 is 5.97 Å². The van der Waals surface area contributed by atoms with Gasteiger partial charge in [0, 0.05) is 5.02 Å². The molecule has 0 aliphatic rings. The maximum Gasteiger partial charge on any atom is 0.339 e. The Kier molecular flexibility index (Phi) is 6.08. The van der Waals surface area contributed by atoms with Crippen LogP contribution >= 0.6 is 11.6 Å². The van der Waals surface area contributed by atoms with Crippen LogP contribution in [0.4, 0.5) is 0 Å². The fraction of sp³-hybridized carbons (Fsp3) is 0.462. The van der Waals surface area contributed by atoms with E-state index in [0.29, 0.717) is 5.02 Å². The van der Waals surface area contributed by atoms with Crippen LogP contribution in [0.2, 0.25) is 5.02 Å². The summed E-state index contributed by atoms with van der Waals surface area (Å²) in [6.07, 6.45) is -0.821. The predicted octanol–water partition coefficient (Wildman–Crippen LogP) is 2.20. The molecule has 1 aromatic carbocycles. The molecule has 0 fully saturated rings. The molecule has 0 aliphatic carbocycles. The normalized spacial score (nSPS) is 12.5. The van der Waals surface area contributed by atoms with Gasteiger partial charge in [0.1, 0.15) is 24.0 Å². The molecule has 1 atom stereocenters. The molecular weight excluding hydrogens is 272 g/mol. The highest BCUT2D eigenvalue weighted by atomic mass is 35.5. The number of carboxylic acid groups (broad SMARTS) is 1. The quantitative estimate of drug-likeness (QED) is 0.804. The van der Waals surface area contributed by atoms with Crippen LogP contribution in [0.3, 0.4) is 0 Å². The molecule has 1 aromatic rings. The summed E-state index contributed by atoms with van der Waals surface area (Å²) in [6.45, 7) is 3.77. The van der Waals surface area contributed by atoms with Crippen LogP contribution in [-0.2, 0) is 4.74 Å². The van der Waals surface area contributed by atoms with Gasteiger partial charge in [0.05, 0.1) is 12.7 Å². The van der Waals surface area contributed by atoms with Gasteiger partial charge in [-0.15, -0.1) is 0 Å². The molecule has 0 heterocycles. The van der Waals surface area contributed by atoms with E-state index >= 15 is 0 Å². The lowest BCUT2D eigenvalue weighted by Crippen LogP contribution is -2.25. The summed E-state index contributed by atoms with van der Waals surface area (Å²) in [7, 11) is 0. The van der Waals surface area contributed by atoms with Crippen LogP contribution in [0, 0.1) is 0 Å². The number of aliphatic hydroxyl groups is 1. The molecule has 0 saturated heterocycles. The largest absolute Gasteiger partial charge is 0.490 e. The second-order valence-corrected chi connectivity index (χ2v) is 4.73. The van der Waals surface area contributed by atoms with Crippen molar-refractivity contribution in [3.63, 3.8) is 0 Å². The number of aliphatic hydroxyl groups excluding tert-OH is 1. The number of aromatic carboxylic acids is 1. The van der Waals surface area contributed by atoms with Crippen molar-refractivity contribution in [2.75, 3.05) is 13.2 Å². The molecule has 1 rings (SSSR count). The number of hydrogen-bond acceptors (Lipinski definition) is 4. The van der Waals surface area contributed by atoms with E-state index in [2.05, 4.69) is 0 Å². The lowest BCUT2D eigenvalue weighted by atomic mass is 10.2. The third kappa shape index (κ3) is 5.46. The summed E-state index contributed by atoms with van der Waals surface area (Å²) in [5.41, 5.74) is 0.00128. The van der Waals surface area contributed by atoms with E-state index in [4.69, 9.17) is 26.2 Å². The Morgan fingerprint density at radius 1 is 1.37 bits per heavy atom. The second kappa shape index (κ2) is 7.33. The summed E-state index contributed by atoms with van der Waals surface area (Å²) >= 11 is 5.78. The topological polar surface area (TPSA) is 76.0 Å². The first-order valence-electron chi connectivity index (χ1n) is 5.85. The van der Waals surface area contributed by atoms with Gasteiger partial charge in [0.2, 0.25) is 0 Å². The van der Waals surface area contributed by atoms with Crippen LogP contribution in [0.1, 0.15) is 24.2 Å². The van der Waals surface area contributed by atoms with Gasteiger partial charge in [-0.05, 0) is 32.0 Å². The molecule has 0 aromatic heterocycles. The number of benzene rings is 1. The Bertz CT molecular complexity index is 433. The highest BCUT2D eigenvalue weighted by Crippen LogP contribution is 2.23. The molecule has 6 heteroatoms. The average Bonchev–Trinajstić information content (AvgIpc) is 2.33. The minimum absolute atomic E-state index is 0.00128. The van der Waals surface area contributed by atoms with E-state index in [0.717, 1.165) is 0 Å². The van der Waals surface area contributed by atoms with Crippen molar-refractivity contribution >= 4 is 17.6 Å². The zero-order valence-electron chi connectivity index (χ0n) is 10.8. The van der Waals surface area contributed by atoms with Gasteiger partial charge in [-0.1, -0.05) is 11.6 Å². The predicted molar refractivity (Wildman–Crippen MR) is 71.0 cm³/mol. The van der Waals surface area contributed by atoms with E-state index in [-0.39, 0.29) is 30.6 Å². The minimum Gasteiger partial charge on any atom is -0.490 e. The molecular formula is C13H17ClO5. The standard InChI is InChI=1S/C13H17ClO5/c1-8(2)18-6-10(15)7-19-12-5-9(14)3-4-11(12)13(16)17/h3-5,8,10,15H,6-7H2,1-2H3,(H,16,17). The van der Waals surface area contributed by atoms with E-state index in [1.165, 1.54) is 18.2 Å². The van der Waals surface area contributed by atoms with E-state index in [1.807, 2.05) is 13.8 Å². The van der Waals surface area contributed by atoms with Crippen molar-refractivity contribution < 1.29 is 24.5 Å². The van der Waals surface area contributed by atoms with Crippen LogP contribution in [0.15, 0.2) is 18.2 Å². The van der Waals surface area contributed by atoms with Gasteiger partial charge in [0.15, 0.2) is 0 Å². The fourth-order valence-electron chi connectivity index (χ4n) is 1.33. The highest BCUT2D eigenvalue weighted by Gasteiger charge is 2.14. The third-order valence-corrected chi connectivity index (χ3v) is 2.46. The molecule has 0 amide bonds. The molecule has 0 spiro atoms. The van der Waals surface area contributed by atoms with Gasteiger partial charge in [-0.3, -0.25) is 0 Å². The Labute approximate surface area is 116 Å². The fourth-order valence-corrected chi connectivity index (χ4v) is 1.49.